The second-order valence-electron chi connectivity index (χ2n) is 3.76. The van der Waals surface area contributed by atoms with E-state index in [2.05, 4.69) is 4.74 Å². The van der Waals surface area contributed by atoms with Crippen molar-refractivity contribution in [2.45, 2.75) is 6.61 Å². The van der Waals surface area contributed by atoms with Crippen molar-refractivity contribution in [3.63, 3.8) is 0 Å². The predicted molar refractivity (Wildman–Crippen MR) is 65.5 cm³/mol. The van der Waals surface area contributed by atoms with Gasteiger partial charge in [0.25, 0.3) is 0 Å². The third-order valence-electron chi connectivity index (χ3n) is 2.53. The van der Waals surface area contributed by atoms with Crippen molar-refractivity contribution in [2.75, 3.05) is 0 Å². The summed E-state index contributed by atoms with van der Waals surface area (Å²) in [7, 11) is 0. The van der Waals surface area contributed by atoms with Crippen LogP contribution in [0.15, 0.2) is 48.5 Å². The Morgan fingerprint density at radius 3 is 2.37 bits per heavy atom. The molecule has 0 radical (unpaired) electrons. The van der Waals surface area contributed by atoms with Crippen LogP contribution in [0, 0.1) is 0 Å². The van der Waals surface area contributed by atoms with Crippen LogP contribution in [0.5, 0.6) is 5.75 Å². The molecule has 0 aliphatic heterocycles. The van der Waals surface area contributed by atoms with Gasteiger partial charge in [-0.1, -0.05) is 30.3 Å². The van der Waals surface area contributed by atoms with Crippen LogP contribution in [0.3, 0.4) is 0 Å². The first-order chi connectivity index (χ1) is 9.08. The van der Waals surface area contributed by atoms with Crippen molar-refractivity contribution in [2.24, 2.45) is 0 Å². The number of carboxylic acid groups (broad SMARTS) is 1. The monoisotopic (exact) mass is 264 g/mol. The van der Waals surface area contributed by atoms with Crippen LogP contribution in [0.25, 0.3) is 11.1 Å². The smallest absolute Gasteiger partial charge is 0.387 e. The van der Waals surface area contributed by atoms with Gasteiger partial charge in [0, 0.05) is 5.56 Å². The number of benzene rings is 2. The zero-order valence-corrected chi connectivity index (χ0v) is 9.72. The quantitative estimate of drug-likeness (QED) is 0.916. The maximum atomic E-state index is 12.4. The number of carboxylic acids is 1. The molecule has 98 valence electrons. The summed E-state index contributed by atoms with van der Waals surface area (Å²) in [6.07, 6.45) is 0. The average molecular weight is 264 g/mol. The van der Waals surface area contributed by atoms with Crippen molar-refractivity contribution >= 4 is 5.97 Å². The van der Waals surface area contributed by atoms with Gasteiger partial charge in [0.05, 0.1) is 5.56 Å². The van der Waals surface area contributed by atoms with E-state index in [1.54, 1.807) is 30.3 Å². The highest BCUT2D eigenvalue weighted by atomic mass is 19.3. The maximum absolute atomic E-state index is 12.4. The molecule has 0 heterocycles. The third kappa shape index (κ3) is 3.07. The first-order valence-corrected chi connectivity index (χ1v) is 5.45. The molecule has 0 aliphatic carbocycles. The molecule has 0 atom stereocenters. The maximum Gasteiger partial charge on any atom is 0.387 e. The van der Waals surface area contributed by atoms with Gasteiger partial charge in [0.2, 0.25) is 0 Å². The minimum atomic E-state index is -3.01. The van der Waals surface area contributed by atoms with E-state index in [1.807, 2.05) is 0 Å². The van der Waals surface area contributed by atoms with Crippen LogP contribution in [-0.2, 0) is 0 Å². The highest BCUT2D eigenvalue weighted by Crippen LogP contribution is 2.32. The van der Waals surface area contributed by atoms with Gasteiger partial charge in [0.1, 0.15) is 5.75 Å². The molecule has 1 N–H and O–H groups in total. The molecule has 0 amide bonds. The van der Waals surface area contributed by atoms with E-state index in [4.69, 9.17) is 5.11 Å². The van der Waals surface area contributed by atoms with Gasteiger partial charge >= 0.3 is 12.6 Å². The molecule has 19 heavy (non-hydrogen) atoms. The topological polar surface area (TPSA) is 46.5 Å². The minimum Gasteiger partial charge on any atom is -0.478 e. The van der Waals surface area contributed by atoms with E-state index in [9.17, 15) is 13.6 Å². The second-order valence-corrected chi connectivity index (χ2v) is 3.76. The molecule has 2 rings (SSSR count). The van der Waals surface area contributed by atoms with E-state index in [0.717, 1.165) is 6.07 Å². The van der Waals surface area contributed by atoms with Gasteiger partial charge in [-0.15, -0.1) is 0 Å². The number of carbonyl (C=O) groups is 1. The minimum absolute atomic E-state index is 0.102. The summed E-state index contributed by atoms with van der Waals surface area (Å²) in [5, 5.41) is 8.86. The zero-order valence-electron chi connectivity index (χ0n) is 9.72. The Morgan fingerprint density at radius 2 is 1.79 bits per heavy atom. The SMILES string of the molecule is O=C(O)c1ccc(-c2ccccc2)c(OC(F)F)c1. The molecule has 5 heteroatoms. The molecule has 2 aromatic carbocycles. The fourth-order valence-corrected chi connectivity index (χ4v) is 1.71. The second kappa shape index (κ2) is 5.48. The van der Waals surface area contributed by atoms with Gasteiger partial charge in [-0.3, -0.25) is 0 Å². The number of ether oxygens (including phenoxy) is 1. The summed E-state index contributed by atoms with van der Waals surface area (Å²) in [4.78, 5) is 10.8. The van der Waals surface area contributed by atoms with Gasteiger partial charge in [-0.05, 0) is 23.8 Å². The highest BCUT2D eigenvalue weighted by Gasteiger charge is 2.14. The third-order valence-corrected chi connectivity index (χ3v) is 2.53. The zero-order chi connectivity index (χ0) is 13.8. The van der Waals surface area contributed by atoms with Crippen LogP contribution in [0.1, 0.15) is 10.4 Å². The Hall–Kier alpha value is -2.43. The number of hydrogen-bond donors (Lipinski definition) is 1. The van der Waals surface area contributed by atoms with E-state index in [0.29, 0.717) is 11.1 Å². The molecular weight excluding hydrogens is 254 g/mol. The molecule has 0 saturated carbocycles. The van der Waals surface area contributed by atoms with Crippen molar-refractivity contribution < 1.29 is 23.4 Å². The van der Waals surface area contributed by atoms with Crippen molar-refractivity contribution in [3.8, 4) is 16.9 Å². The van der Waals surface area contributed by atoms with Crippen LogP contribution in [0.4, 0.5) is 8.78 Å². The Labute approximate surface area is 108 Å². The fourth-order valence-electron chi connectivity index (χ4n) is 1.71. The standard InChI is InChI=1S/C14H10F2O3/c15-14(16)19-12-8-10(13(17)18)6-7-11(12)9-4-2-1-3-5-9/h1-8,14H,(H,17,18). The predicted octanol–water partition coefficient (Wildman–Crippen LogP) is 3.65. The number of aromatic carboxylic acids is 1. The normalized spacial score (nSPS) is 10.5. The lowest BCUT2D eigenvalue weighted by Crippen LogP contribution is -2.05. The van der Waals surface area contributed by atoms with E-state index >= 15 is 0 Å². The van der Waals surface area contributed by atoms with Crippen LogP contribution in [0.2, 0.25) is 0 Å². The summed E-state index contributed by atoms with van der Waals surface area (Å²) < 4.78 is 29.2. The lowest BCUT2D eigenvalue weighted by Gasteiger charge is -2.11. The Bertz CT molecular complexity index is 582. The first kappa shape index (κ1) is 13.0. The molecule has 0 unspecified atom stereocenters. The molecule has 0 bridgehead atoms. The average Bonchev–Trinajstić information content (AvgIpc) is 2.39. The summed E-state index contributed by atoms with van der Waals surface area (Å²) in [5.74, 6) is -1.35. The number of alkyl halides is 2. The van der Waals surface area contributed by atoms with Crippen molar-refractivity contribution in [1.82, 2.24) is 0 Å². The summed E-state index contributed by atoms with van der Waals surface area (Å²) in [6, 6.07) is 12.7. The molecule has 2 aromatic rings. The fraction of sp³-hybridized carbons (Fsp3) is 0.0714. The molecule has 0 aromatic heterocycles. The summed E-state index contributed by atoms with van der Waals surface area (Å²) in [6.45, 7) is -3.01. The largest absolute Gasteiger partial charge is 0.478 e. The van der Waals surface area contributed by atoms with Crippen molar-refractivity contribution in [1.29, 1.82) is 0 Å². The van der Waals surface area contributed by atoms with Crippen molar-refractivity contribution in [3.05, 3.63) is 54.1 Å². The number of rotatable bonds is 4. The Morgan fingerprint density at radius 1 is 1.11 bits per heavy atom. The Balaban J connectivity index is 2.51. The number of hydrogen-bond acceptors (Lipinski definition) is 2. The van der Waals surface area contributed by atoms with E-state index < -0.39 is 12.6 Å². The summed E-state index contributed by atoms with van der Waals surface area (Å²) >= 11 is 0. The van der Waals surface area contributed by atoms with Gasteiger partial charge in [0.15, 0.2) is 0 Å². The molecule has 0 aliphatic rings. The lowest BCUT2D eigenvalue weighted by atomic mass is 10.0. The van der Waals surface area contributed by atoms with Crippen LogP contribution in [-0.4, -0.2) is 17.7 Å². The van der Waals surface area contributed by atoms with E-state index in [-0.39, 0.29) is 11.3 Å². The van der Waals surface area contributed by atoms with Crippen LogP contribution >= 0.6 is 0 Å². The molecule has 0 saturated heterocycles. The molecular formula is C14H10F2O3. The highest BCUT2D eigenvalue weighted by molar-refractivity contribution is 5.89. The molecule has 3 nitrogen and oxygen atoms in total. The molecule has 0 fully saturated rings. The Kier molecular flexibility index (Phi) is 3.75. The summed E-state index contributed by atoms with van der Waals surface area (Å²) in [5.41, 5.74) is 0.997. The van der Waals surface area contributed by atoms with Gasteiger partial charge < -0.3 is 9.84 Å². The van der Waals surface area contributed by atoms with Gasteiger partial charge in [-0.2, -0.15) is 8.78 Å². The number of halogens is 2. The van der Waals surface area contributed by atoms with E-state index in [1.165, 1.54) is 12.1 Å². The van der Waals surface area contributed by atoms with Gasteiger partial charge in [-0.25, -0.2) is 4.79 Å². The van der Waals surface area contributed by atoms with Crippen LogP contribution < -0.4 is 4.74 Å². The lowest BCUT2D eigenvalue weighted by molar-refractivity contribution is -0.0495. The first-order valence-electron chi connectivity index (χ1n) is 5.45. The molecule has 0 spiro atoms.